The summed E-state index contributed by atoms with van der Waals surface area (Å²) in [6, 6.07) is 6.17. The Hall–Kier alpha value is -4.79. The van der Waals surface area contributed by atoms with Gasteiger partial charge in [0.2, 0.25) is 11.8 Å². The van der Waals surface area contributed by atoms with Crippen molar-refractivity contribution in [3.8, 4) is 5.75 Å². The molecule has 0 saturated carbocycles. The number of carbonyl (C=O) groups excluding carboxylic acids is 7. The van der Waals surface area contributed by atoms with Crippen LogP contribution in [0.15, 0.2) is 36.9 Å². The Balaban J connectivity index is 0.00000171. The Morgan fingerprint density at radius 2 is 1.27 bits per heavy atom. The lowest BCUT2D eigenvalue weighted by Gasteiger charge is -2.15. The summed E-state index contributed by atoms with van der Waals surface area (Å²) in [5.41, 5.74) is -1.13. The summed E-state index contributed by atoms with van der Waals surface area (Å²) in [7, 11) is 0. The predicted molar refractivity (Wildman–Crippen MR) is 172 cm³/mol. The number of nitrogens with one attached hydrogen (secondary N) is 2. The number of hydrogen-bond donors (Lipinski definition) is 3. The largest absolute Gasteiger partial charge is 0.490 e. The number of ketones is 1. The molecule has 268 valence electrons. The lowest BCUT2D eigenvalue weighted by atomic mass is 9.97. The molecule has 0 saturated heterocycles. The van der Waals surface area contributed by atoms with Crippen molar-refractivity contribution < 1.29 is 62.4 Å². The number of benzene rings is 1. The van der Waals surface area contributed by atoms with Crippen molar-refractivity contribution in [1.82, 2.24) is 10.6 Å². The molecule has 1 aromatic rings. The van der Waals surface area contributed by atoms with Gasteiger partial charge in [0.1, 0.15) is 50.6 Å². The Bertz CT molecular complexity index is 1190. The van der Waals surface area contributed by atoms with Crippen LogP contribution in [0.1, 0.15) is 76.6 Å². The van der Waals surface area contributed by atoms with E-state index in [-0.39, 0.29) is 51.9 Å². The first kappa shape index (κ1) is 43.2. The Kier molecular flexibility index (Phi) is 22.8. The zero-order valence-corrected chi connectivity index (χ0v) is 28.1. The van der Waals surface area contributed by atoms with Crippen molar-refractivity contribution in [1.29, 1.82) is 0 Å². The second-order valence-corrected chi connectivity index (χ2v) is 10.5. The number of aliphatic hydroxyl groups is 1. The second-order valence-electron chi connectivity index (χ2n) is 10.5. The van der Waals surface area contributed by atoms with Gasteiger partial charge in [0.05, 0.1) is 6.61 Å². The maximum Gasteiger partial charge on any atom is 0.330 e. The van der Waals surface area contributed by atoms with E-state index in [1.807, 2.05) is 0 Å². The minimum absolute atomic E-state index is 0.0410. The highest BCUT2D eigenvalue weighted by Crippen LogP contribution is 2.17. The van der Waals surface area contributed by atoms with Gasteiger partial charge in [0.15, 0.2) is 5.78 Å². The molecule has 1 rings (SSSR count). The quantitative estimate of drug-likeness (QED) is 0.0400. The van der Waals surface area contributed by atoms with Crippen LogP contribution >= 0.6 is 0 Å². The molecule has 3 N–H and O–H groups in total. The maximum absolute atomic E-state index is 12.0. The van der Waals surface area contributed by atoms with Crippen LogP contribution in [0.3, 0.4) is 0 Å². The van der Waals surface area contributed by atoms with Gasteiger partial charge in [-0.25, -0.2) is 4.79 Å². The first-order valence-corrected chi connectivity index (χ1v) is 15.5. The molecular weight excluding hydrogens is 632 g/mol. The summed E-state index contributed by atoms with van der Waals surface area (Å²) in [5, 5.41) is 14.7. The molecule has 48 heavy (non-hydrogen) atoms. The first-order valence-electron chi connectivity index (χ1n) is 15.5. The van der Waals surface area contributed by atoms with Gasteiger partial charge in [-0.05, 0) is 44.5 Å². The van der Waals surface area contributed by atoms with Gasteiger partial charge in [-0.1, -0.05) is 32.8 Å². The van der Waals surface area contributed by atoms with Crippen LogP contribution in [-0.2, 0) is 47.7 Å². The first-order chi connectivity index (χ1) is 22.7. The average Bonchev–Trinajstić information content (AvgIpc) is 3.03. The monoisotopic (exact) mass is 680 g/mol. The highest BCUT2D eigenvalue weighted by atomic mass is 16.6. The summed E-state index contributed by atoms with van der Waals surface area (Å²) >= 11 is 0. The molecule has 0 aliphatic heterocycles. The van der Waals surface area contributed by atoms with Crippen molar-refractivity contribution in [2.24, 2.45) is 0 Å². The predicted octanol–water partition coefficient (Wildman–Crippen LogP) is 1.98. The van der Waals surface area contributed by atoms with Crippen molar-refractivity contribution in [2.45, 2.75) is 71.8 Å². The third-order valence-electron chi connectivity index (χ3n) is 5.73. The van der Waals surface area contributed by atoms with Gasteiger partial charge in [0, 0.05) is 31.7 Å². The molecule has 1 aromatic carbocycles. The molecular formula is C33H48N2O13. The number of ether oxygens (including phenoxy) is 5. The molecule has 0 spiro atoms. The number of hydrogen-bond acceptors (Lipinski definition) is 13. The molecule has 0 aliphatic carbocycles. The van der Waals surface area contributed by atoms with Crippen LogP contribution < -0.4 is 15.4 Å². The number of esters is 4. The Morgan fingerprint density at radius 3 is 1.77 bits per heavy atom. The highest BCUT2D eigenvalue weighted by Gasteiger charge is 2.25. The van der Waals surface area contributed by atoms with E-state index in [4.69, 9.17) is 14.2 Å². The molecule has 0 heterocycles. The normalized spacial score (nSPS) is 10.3. The van der Waals surface area contributed by atoms with E-state index in [0.29, 0.717) is 17.9 Å². The molecule has 0 fully saturated rings. The van der Waals surface area contributed by atoms with Crippen LogP contribution in [0, 0.1) is 0 Å². The topological polar surface area (TPSA) is 210 Å². The minimum atomic E-state index is -1.47. The molecule has 15 nitrogen and oxygen atoms in total. The zero-order valence-electron chi connectivity index (χ0n) is 28.1. The van der Waals surface area contributed by atoms with Gasteiger partial charge in [-0.15, -0.1) is 0 Å². The van der Waals surface area contributed by atoms with Crippen molar-refractivity contribution in [2.75, 3.05) is 46.1 Å². The summed E-state index contributed by atoms with van der Waals surface area (Å²) < 4.78 is 24.4. The highest BCUT2D eigenvalue weighted by molar-refractivity contribution is 6.01. The summed E-state index contributed by atoms with van der Waals surface area (Å²) in [6.45, 7) is 9.97. The standard InChI is InChI=1S/C26H38N2O9.C7H10O4/c1-4-5-6-7-14-36-23(31)17-21(29)27-12-13-28-22(30)18-24(32)37-16-15-35-20-10-8-19(9-11-20)25(33)26(2,3)34;1-3-7(9)11-5-4-10-6(2)8/h8-11,34H,4-7,12-18H2,1-3H3,(H,27,29)(H,28,30);3H,1,4-5H2,2H3. The van der Waals surface area contributed by atoms with Gasteiger partial charge < -0.3 is 39.4 Å². The van der Waals surface area contributed by atoms with Crippen LogP contribution in [0.2, 0.25) is 0 Å². The second kappa shape index (κ2) is 25.3. The third-order valence-corrected chi connectivity index (χ3v) is 5.73. The fourth-order valence-corrected chi connectivity index (χ4v) is 3.37. The molecule has 2 amide bonds. The SMILES string of the molecule is C=CC(=O)OCCOC(C)=O.CCCCCCOC(=O)CC(=O)NCCNC(=O)CC(=O)OCCOc1ccc(C(=O)C(C)(C)O)cc1. The fraction of sp³-hybridized carbons (Fsp3) is 0.545. The zero-order chi connectivity index (χ0) is 36.4. The van der Waals surface area contributed by atoms with Gasteiger partial charge >= 0.3 is 23.9 Å². The maximum atomic E-state index is 12.0. The average molecular weight is 681 g/mol. The van der Waals surface area contributed by atoms with Crippen molar-refractivity contribution in [3.63, 3.8) is 0 Å². The molecule has 0 radical (unpaired) electrons. The lowest BCUT2D eigenvalue weighted by molar-refractivity contribution is -0.148. The number of Topliss-reactive ketones (excluding diaryl/α,β-unsaturated/α-hetero) is 1. The summed E-state index contributed by atoms with van der Waals surface area (Å²) in [5.74, 6) is -3.29. The molecule has 0 unspecified atom stereocenters. The van der Waals surface area contributed by atoms with E-state index in [0.717, 1.165) is 31.8 Å². The van der Waals surface area contributed by atoms with E-state index in [2.05, 4.69) is 33.6 Å². The van der Waals surface area contributed by atoms with Gasteiger partial charge in [-0.2, -0.15) is 0 Å². The summed E-state index contributed by atoms with van der Waals surface area (Å²) in [6.07, 6.45) is 4.06. The van der Waals surface area contributed by atoms with E-state index >= 15 is 0 Å². The van der Waals surface area contributed by atoms with Gasteiger partial charge in [0.25, 0.3) is 0 Å². The lowest BCUT2D eigenvalue weighted by Crippen LogP contribution is -2.36. The summed E-state index contributed by atoms with van der Waals surface area (Å²) in [4.78, 5) is 79.4. The minimum Gasteiger partial charge on any atom is -0.490 e. The van der Waals surface area contributed by atoms with E-state index in [9.17, 15) is 38.7 Å². The smallest absolute Gasteiger partial charge is 0.330 e. The van der Waals surface area contributed by atoms with Crippen LogP contribution in [0.4, 0.5) is 0 Å². The van der Waals surface area contributed by atoms with Crippen molar-refractivity contribution in [3.05, 3.63) is 42.5 Å². The number of unbranched alkanes of at least 4 members (excludes halogenated alkanes) is 3. The van der Waals surface area contributed by atoms with Crippen molar-refractivity contribution >= 4 is 41.5 Å². The van der Waals surface area contributed by atoms with E-state index in [1.54, 1.807) is 12.1 Å². The molecule has 0 aliphatic rings. The van der Waals surface area contributed by atoms with E-state index < -0.39 is 47.5 Å². The molecule has 0 aromatic heterocycles. The number of rotatable bonds is 22. The molecule has 15 heteroatoms. The number of amides is 2. The Morgan fingerprint density at radius 1 is 0.750 bits per heavy atom. The van der Waals surface area contributed by atoms with E-state index in [1.165, 1.54) is 32.9 Å². The third kappa shape index (κ3) is 23.5. The van der Waals surface area contributed by atoms with Crippen LogP contribution in [-0.4, -0.2) is 98.3 Å². The van der Waals surface area contributed by atoms with Crippen LogP contribution in [0.25, 0.3) is 0 Å². The fourth-order valence-electron chi connectivity index (χ4n) is 3.37. The molecule has 0 bridgehead atoms. The van der Waals surface area contributed by atoms with Crippen LogP contribution in [0.5, 0.6) is 5.75 Å². The molecule has 0 atom stereocenters. The Labute approximate surface area is 280 Å². The van der Waals surface area contributed by atoms with Gasteiger partial charge in [-0.3, -0.25) is 28.8 Å². The number of carbonyl (C=O) groups is 7.